The first kappa shape index (κ1) is 22.9. The summed E-state index contributed by atoms with van der Waals surface area (Å²) >= 11 is 0. The van der Waals surface area contributed by atoms with Crippen molar-refractivity contribution in [3.63, 3.8) is 0 Å². The van der Waals surface area contributed by atoms with E-state index in [4.69, 9.17) is 9.47 Å². The van der Waals surface area contributed by atoms with Crippen LogP contribution in [-0.2, 0) is 19.1 Å². The van der Waals surface area contributed by atoms with Gasteiger partial charge in [-0.05, 0) is 33.6 Å². The Hall–Kier alpha value is -1.06. The number of carbonyl (C=O) groups excluding carboxylic acids is 2. The highest BCUT2D eigenvalue weighted by Gasteiger charge is 2.40. The quantitative estimate of drug-likeness (QED) is 0.240. The van der Waals surface area contributed by atoms with Crippen molar-refractivity contribution in [2.75, 3.05) is 6.61 Å². The average molecular weight is 343 g/mol. The molecule has 0 saturated carbocycles. The van der Waals surface area contributed by atoms with Crippen LogP contribution >= 0.6 is 0 Å². The predicted octanol–water partition coefficient (Wildman–Crippen LogP) is 5.43. The van der Waals surface area contributed by atoms with E-state index >= 15 is 0 Å². The summed E-state index contributed by atoms with van der Waals surface area (Å²) in [7, 11) is 0. The molecule has 0 N–H and O–H groups in total. The molecule has 0 fully saturated rings. The second kappa shape index (κ2) is 13.3. The number of hydrogen-bond donors (Lipinski definition) is 0. The molecule has 0 amide bonds. The Bertz CT molecular complexity index is 350. The van der Waals surface area contributed by atoms with Gasteiger partial charge in [-0.2, -0.15) is 0 Å². The molecule has 1 atom stereocenters. The van der Waals surface area contributed by atoms with E-state index in [1.807, 2.05) is 13.8 Å². The maximum absolute atomic E-state index is 12.1. The largest absolute Gasteiger partial charge is 0.465 e. The smallest absolute Gasteiger partial charge is 0.323 e. The normalized spacial score (nSPS) is 12.7. The lowest BCUT2D eigenvalue weighted by Gasteiger charge is -2.23. The van der Waals surface area contributed by atoms with Crippen molar-refractivity contribution in [3.8, 4) is 0 Å². The summed E-state index contributed by atoms with van der Waals surface area (Å²) in [6.07, 6.45) is 11.1. The Morgan fingerprint density at radius 1 is 0.833 bits per heavy atom. The van der Waals surface area contributed by atoms with Gasteiger partial charge in [0.25, 0.3) is 0 Å². The molecule has 0 aromatic heterocycles. The number of unbranched alkanes of at least 4 members (excludes halogenated alkanes) is 7. The Morgan fingerprint density at radius 3 is 1.92 bits per heavy atom. The first-order valence-corrected chi connectivity index (χ1v) is 9.74. The molecule has 1 unspecified atom stereocenters. The molecular formula is C20H38O4. The Morgan fingerprint density at radius 2 is 1.38 bits per heavy atom. The Kier molecular flexibility index (Phi) is 12.7. The van der Waals surface area contributed by atoms with Crippen molar-refractivity contribution in [1.29, 1.82) is 0 Å². The van der Waals surface area contributed by atoms with Crippen LogP contribution in [0.5, 0.6) is 0 Å². The van der Waals surface area contributed by atoms with Crippen LogP contribution in [0.3, 0.4) is 0 Å². The van der Waals surface area contributed by atoms with Gasteiger partial charge in [0, 0.05) is 0 Å². The monoisotopic (exact) mass is 342 g/mol. The van der Waals surface area contributed by atoms with E-state index in [1.54, 1.807) is 13.8 Å². The summed E-state index contributed by atoms with van der Waals surface area (Å²) in [4.78, 5) is 24.3. The van der Waals surface area contributed by atoms with Gasteiger partial charge in [0.1, 0.15) is 0 Å². The third-order valence-corrected chi connectivity index (χ3v) is 4.26. The van der Waals surface area contributed by atoms with Crippen LogP contribution in [0.2, 0.25) is 0 Å². The lowest BCUT2D eigenvalue weighted by molar-refractivity contribution is -0.172. The Balaban J connectivity index is 3.89. The van der Waals surface area contributed by atoms with Crippen LogP contribution in [0, 0.1) is 5.41 Å². The predicted molar refractivity (Wildman–Crippen MR) is 97.8 cm³/mol. The summed E-state index contributed by atoms with van der Waals surface area (Å²) in [5, 5.41) is 0. The highest BCUT2D eigenvalue weighted by atomic mass is 16.6. The number of hydrogen-bond acceptors (Lipinski definition) is 4. The minimum Gasteiger partial charge on any atom is -0.465 e. The number of ether oxygens (including phenoxy) is 2. The standard InChI is InChI=1S/C20H38O4/c1-6-8-9-10-11-12-13-14-16-23-18(21)20(4,5)19(22)24-17(3)15-7-2/h17H,6-16H2,1-5H3. The van der Waals surface area contributed by atoms with Crippen LogP contribution in [-0.4, -0.2) is 24.6 Å². The zero-order chi connectivity index (χ0) is 18.4. The minimum atomic E-state index is -1.23. The van der Waals surface area contributed by atoms with Crippen molar-refractivity contribution < 1.29 is 19.1 Å². The molecule has 0 aromatic carbocycles. The van der Waals surface area contributed by atoms with Gasteiger partial charge in [0.05, 0.1) is 12.7 Å². The van der Waals surface area contributed by atoms with E-state index in [2.05, 4.69) is 6.92 Å². The highest BCUT2D eigenvalue weighted by Crippen LogP contribution is 2.21. The van der Waals surface area contributed by atoms with Crippen LogP contribution in [0.15, 0.2) is 0 Å². The van der Waals surface area contributed by atoms with E-state index in [9.17, 15) is 9.59 Å². The van der Waals surface area contributed by atoms with E-state index in [0.717, 1.165) is 25.7 Å². The lowest BCUT2D eigenvalue weighted by atomic mass is 9.94. The number of carbonyl (C=O) groups is 2. The van der Waals surface area contributed by atoms with E-state index in [-0.39, 0.29) is 6.10 Å². The van der Waals surface area contributed by atoms with Crippen molar-refractivity contribution in [2.24, 2.45) is 5.41 Å². The first-order valence-electron chi connectivity index (χ1n) is 9.74. The summed E-state index contributed by atoms with van der Waals surface area (Å²) < 4.78 is 10.6. The van der Waals surface area contributed by atoms with Gasteiger partial charge in [0.2, 0.25) is 0 Å². The summed E-state index contributed by atoms with van der Waals surface area (Å²) in [6, 6.07) is 0. The van der Waals surface area contributed by atoms with Gasteiger partial charge < -0.3 is 9.47 Å². The number of rotatable bonds is 14. The van der Waals surface area contributed by atoms with Gasteiger partial charge in [-0.25, -0.2) is 0 Å². The van der Waals surface area contributed by atoms with Crippen molar-refractivity contribution in [2.45, 2.75) is 105 Å². The topological polar surface area (TPSA) is 52.6 Å². The fourth-order valence-electron chi connectivity index (χ4n) is 2.46. The van der Waals surface area contributed by atoms with Gasteiger partial charge in [-0.15, -0.1) is 0 Å². The molecule has 0 saturated heterocycles. The van der Waals surface area contributed by atoms with Gasteiger partial charge in [0.15, 0.2) is 5.41 Å². The van der Waals surface area contributed by atoms with Crippen LogP contribution in [0.25, 0.3) is 0 Å². The molecule has 0 spiro atoms. The maximum atomic E-state index is 12.1. The average Bonchev–Trinajstić information content (AvgIpc) is 2.53. The molecule has 0 rings (SSSR count). The molecule has 0 bridgehead atoms. The van der Waals surface area contributed by atoms with E-state index in [0.29, 0.717) is 6.61 Å². The molecule has 4 nitrogen and oxygen atoms in total. The fourth-order valence-corrected chi connectivity index (χ4v) is 2.46. The molecular weight excluding hydrogens is 304 g/mol. The third kappa shape index (κ3) is 9.94. The Labute approximate surface area is 148 Å². The zero-order valence-corrected chi connectivity index (χ0v) is 16.5. The van der Waals surface area contributed by atoms with E-state index < -0.39 is 17.4 Å². The molecule has 4 heteroatoms. The second-order valence-electron chi connectivity index (χ2n) is 7.24. The summed E-state index contributed by atoms with van der Waals surface area (Å²) in [5.74, 6) is -0.983. The first-order chi connectivity index (χ1) is 11.4. The van der Waals surface area contributed by atoms with Crippen molar-refractivity contribution in [3.05, 3.63) is 0 Å². The maximum Gasteiger partial charge on any atom is 0.323 e. The molecule has 0 aliphatic carbocycles. The molecule has 0 aliphatic rings. The summed E-state index contributed by atoms with van der Waals surface area (Å²) in [6.45, 7) is 9.64. The van der Waals surface area contributed by atoms with E-state index in [1.165, 1.54) is 38.5 Å². The SMILES string of the molecule is CCCCCCCCCCOC(=O)C(C)(C)C(=O)OC(C)CCC. The molecule has 0 radical (unpaired) electrons. The minimum absolute atomic E-state index is 0.165. The highest BCUT2D eigenvalue weighted by molar-refractivity contribution is 5.99. The second-order valence-corrected chi connectivity index (χ2v) is 7.24. The lowest BCUT2D eigenvalue weighted by Crippen LogP contribution is -2.38. The fraction of sp³-hybridized carbons (Fsp3) is 0.900. The van der Waals surface area contributed by atoms with Crippen LogP contribution < -0.4 is 0 Å². The van der Waals surface area contributed by atoms with Gasteiger partial charge in [-0.1, -0.05) is 65.2 Å². The van der Waals surface area contributed by atoms with Crippen LogP contribution in [0.1, 0.15) is 98.8 Å². The number of esters is 2. The van der Waals surface area contributed by atoms with Crippen molar-refractivity contribution in [1.82, 2.24) is 0 Å². The molecule has 24 heavy (non-hydrogen) atoms. The van der Waals surface area contributed by atoms with Crippen LogP contribution in [0.4, 0.5) is 0 Å². The molecule has 142 valence electrons. The van der Waals surface area contributed by atoms with Crippen molar-refractivity contribution >= 4 is 11.9 Å². The van der Waals surface area contributed by atoms with Gasteiger partial charge >= 0.3 is 11.9 Å². The molecule has 0 aliphatic heterocycles. The molecule has 0 heterocycles. The molecule has 0 aromatic rings. The third-order valence-electron chi connectivity index (χ3n) is 4.26. The summed E-state index contributed by atoms with van der Waals surface area (Å²) in [5.41, 5.74) is -1.23. The zero-order valence-electron chi connectivity index (χ0n) is 16.5. The van der Waals surface area contributed by atoms with Gasteiger partial charge in [-0.3, -0.25) is 9.59 Å².